The number of rotatable bonds is 4. The third-order valence-corrected chi connectivity index (χ3v) is 3.62. The van der Waals surface area contributed by atoms with Crippen LogP contribution in [-0.2, 0) is 12.8 Å². The van der Waals surface area contributed by atoms with Crippen LogP contribution in [0.2, 0.25) is 0 Å². The van der Waals surface area contributed by atoms with Gasteiger partial charge in [-0.1, -0.05) is 20.3 Å². The Morgan fingerprint density at radius 3 is 2.55 bits per heavy atom. The molecule has 2 aromatic rings. The number of hydrogen-bond acceptors (Lipinski definition) is 2. The second-order valence-electron chi connectivity index (χ2n) is 5.02. The summed E-state index contributed by atoms with van der Waals surface area (Å²) >= 11 is 0. The van der Waals surface area contributed by atoms with E-state index in [9.17, 15) is 14.7 Å². The van der Waals surface area contributed by atoms with Crippen molar-refractivity contribution in [1.82, 2.24) is 4.98 Å². The number of pyridine rings is 1. The first-order chi connectivity index (χ1) is 9.49. The van der Waals surface area contributed by atoms with Crippen molar-refractivity contribution in [3.05, 3.63) is 44.7 Å². The minimum Gasteiger partial charge on any atom is -0.478 e. The molecule has 1 heterocycles. The molecule has 0 aliphatic carbocycles. The lowest BCUT2D eigenvalue weighted by atomic mass is 9.98. The predicted octanol–water partition coefficient (Wildman–Crippen LogP) is 3.05. The van der Waals surface area contributed by atoms with E-state index in [4.69, 9.17) is 0 Å². The first kappa shape index (κ1) is 14.3. The van der Waals surface area contributed by atoms with Crippen molar-refractivity contribution < 1.29 is 9.90 Å². The normalized spacial score (nSPS) is 10.9. The molecular weight excluding hydrogens is 254 g/mol. The molecule has 0 aliphatic heterocycles. The summed E-state index contributed by atoms with van der Waals surface area (Å²) in [6.07, 6.45) is 2.28. The summed E-state index contributed by atoms with van der Waals surface area (Å²) in [6.45, 7) is 5.85. The molecule has 0 spiro atoms. The van der Waals surface area contributed by atoms with Gasteiger partial charge in [0.25, 0.3) is 0 Å². The van der Waals surface area contributed by atoms with Crippen molar-refractivity contribution in [1.29, 1.82) is 0 Å². The number of aromatic amines is 1. The van der Waals surface area contributed by atoms with Gasteiger partial charge in [0.1, 0.15) is 0 Å². The average molecular weight is 273 g/mol. The summed E-state index contributed by atoms with van der Waals surface area (Å²) in [7, 11) is 0. The lowest BCUT2D eigenvalue weighted by molar-refractivity contribution is 0.0697. The number of benzene rings is 1. The fourth-order valence-electron chi connectivity index (χ4n) is 2.64. The van der Waals surface area contributed by atoms with Gasteiger partial charge in [-0.05, 0) is 37.5 Å². The Hall–Kier alpha value is -2.10. The third-order valence-electron chi connectivity index (χ3n) is 3.62. The number of aromatic carboxylic acids is 1. The average Bonchev–Trinajstić information content (AvgIpc) is 2.40. The van der Waals surface area contributed by atoms with Crippen LogP contribution in [0.4, 0.5) is 0 Å². The molecule has 2 rings (SSSR count). The highest BCUT2D eigenvalue weighted by atomic mass is 16.4. The van der Waals surface area contributed by atoms with Crippen LogP contribution < -0.4 is 5.43 Å². The molecule has 106 valence electrons. The molecule has 2 N–H and O–H groups in total. The Morgan fingerprint density at radius 1 is 1.30 bits per heavy atom. The maximum absolute atomic E-state index is 12.5. The Balaban J connectivity index is 2.90. The minimum atomic E-state index is -0.998. The van der Waals surface area contributed by atoms with Crippen LogP contribution >= 0.6 is 0 Å². The highest BCUT2D eigenvalue weighted by Crippen LogP contribution is 2.20. The minimum absolute atomic E-state index is 0.0563. The predicted molar refractivity (Wildman–Crippen MR) is 79.6 cm³/mol. The fourth-order valence-corrected chi connectivity index (χ4v) is 2.64. The molecule has 0 fully saturated rings. The van der Waals surface area contributed by atoms with E-state index in [1.807, 2.05) is 20.8 Å². The van der Waals surface area contributed by atoms with Gasteiger partial charge in [0, 0.05) is 16.6 Å². The SMILES string of the molecule is CCCc1cc(C(=O)O)cc2c(=O)c(CC)c(C)[nH]c12. The fraction of sp³-hybridized carbons (Fsp3) is 0.375. The molecule has 4 heteroatoms. The highest BCUT2D eigenvalue weighted by Gasteiger charge is 2.14. The largest absolute Gasteiger partial charge is 0.478 e. The highest BCUT2D eigenvalue weighted by molar-refractivity contribution is 5.95. The number of aromatic nitrogens is 1. The Bertz CT molecular complexity index is 729. The molecule has 1 aromatic carbocycles. The van der Waals surface area contributed by atoms with Gasteiger partial charge in [-0.15, -0.1) is 0 Å². The summed E-state index contributed by atoms with van der Waals surface area (Å²) in [6, 6.07) is 3.14. The molecule has 0 saturated heterocycles. The van der Waals surface area contributed by atoms with Gasteiger partial charge >= 0.3 is 5.97 Å². The van der Waals surface area contributed by atoms with Gasteiger partial charge < -0.3 is 10.1 Å². The number of H-pyrrole nitrogens is 1. The van der Waals surface area contributed by atoms with E-state index in [-0.39, 0.29) is 11.0 Å². The molecule has 0 unspecified atom stereocenters. The number of fused-ring (bicyclic) bond motifs is 1. The van der Waals surface area contributed by atoms with Crippen molar-refractivity contribution in [2.45, 2.75) is 40.0 Å². The third kappa shape index (κ3) is 2.33. The number of carbonyl (C=O) groups is 1. The van der Waals surface area contributed by atoms with Crippen molar-refractivity contribution in [2.24, 2.45) is 0 Å². The van der Waals surface area contributed by atoms with Gasteiger partial charge in [-0.25, -0.2) is 4.79 Å². The first-order valence-corrected chi connectivity index (χ1v) is 6.91. The van der Waals surface area contributed by atoms with E-state index >= 15 is 0 Å². The van der Waals surface area contributed by atoms with Crippen LogP contribution in [0.5, 0.6) is 0 Å². The molecule has 4 nitrogen and oxygen atoms in total. The van der Waals surface area contributed by atoms with Crippen molar-refractivity contribution in [3.63, 3.8) is 0 Å². The number of carboxylic acids is 1. The zero-order valence-corrected chi connectivity index (χ0v) is 12.0. The standard InChI is InChI=1S/C16H19NO3/c1-4-6-10-7-11(16(19)20)8-13-14(10)17-9(3)12(5-2)15(13)18/h7-8H,4-6H2,1-3H3,(H,17,18)(H,19,20). The second-order valence-corrected chi connectivity index (χ2v) is 5.02. The molecule has 0 saturated carbocycles. The molecular formula is C16H19NO3. The Kier molecular flexibility index (Phi) is 3.93. The van der Waals surface area contributed by atoms with Crippen LogP contribution in [0.15, 0.2) is 16.9 Å². The Morgan fingerprint density at radius 2 is 2.00 bits per heavy atom. The first-order valence-electron chi connectivity index (χ1n) is 6.91. The summed E-state index contributed by atoms with van der Waals surface area (Å²) in [5.74, 6) is -0.998. The van der Waals surface area contributed by atoms with E-state index < -0.39 is 5.97 Å². The van der Waals surface area contributed by atoms with E-state index in [0.29, 0.717) is 11.8 Å². The van der Waals surface area contributed by atoms with E-state index in [2.05, 4.69) is 4.98 Å². The van der Waals surface area contributed by atoms with Gasteiger partial charge in [0.15, 0.2) is 5.43 Å². The zero-order chi connectivity index (χ0) is 14.9. The molecule has 1 aromatic heterocycles. The summed E-state index contributed by atoms with van der Waals surface area (Å²) in [4.78, 5) is 27.0. The maximum atomic E-state index is 12.5. The molecule has 0 atom stereocenters. The van der Waals surface area contributed by atoms with Gasteiger partial charge in [-0.3, -0.25) is 4.79 Å². The van der Waals surface area contributed by atoms with E-state index in [1.165, 1.54) is 6.07 Å². The lowest BCUT2D eigenvalue weighted by Gasteiger charge is -2.11. The molecule has 0 aliphatic rings. The summed E-state index contributed by atoms with van der Waals surface area (Å²) < 4.78 is 0. The van der Waals surface area contributed by atoms with Crippen LogP contribution in [0.1, 0.15) is 47.4 Å². The number of hydrogen-bond donors (Lipinski definition) is 2. The lowest BCUT2D eigenvalue weighted by Crippen LogP contribution is -2.14. The number of nitrogens with one attached hydrogen (secondary N) is 1. The summed E-state index contributed by atoms with van der Waals surface area (Å²) in [5.41, 5.74) is 3.38. The Labute approximate surface area is 117 Å². The van der Waals surface area contributed by atoms with Crippen molar-refractivity contribution >= 4 is 16.9 Å². The van der Waals surface area contributed by atoms with Gasteiger partial charge in [-0.2, -0.15) is 0 Å². The maximum Gasteiger partial charge on any atom is 0.335 e. The monoisotopic (exact) mass is 273 g/mol. The van der Waals surface area contributed by atoms with Crippen LogP contribution in [0.25, 0.3) is 10.9 Å². The smallest absolute Gasteiger partial charge is 0.335 e. The molecule has 0 radical (unpaired) electrons. The topological polar surface area (TPSA) is 70.2 Å². The van der Waals surface area contributed by atoms with Crippen LogP contribution in [-0.4, -0.2) is 16.1 Å². The zero-order valence-electron chi connectivity index (χ0n) is 12.0. The number of aryl methyl sites for hydroxylation is 2. The van der Waals surface area contributed by atoms with Crippen molar-refractivity contribution in [3.8, 4) is 0 Å². The van der Waals surface area contributed by atoms with Gasteiger partial charge in [0.05, 0.1) is 11.1 Å². The molecule has 0 bridgehead atoms. The second kappa shape index (κ2) is 5.49. The molecule has 0 amide bonds. The molecule has 20 heavy (non-hydrogen) atoms. The van der Waals surface area contributed by atoms with Crippen molar-refractivity contribution in [2.75, 3.05) is 0 Å². The van der Waals surface area contributed by atoms with E-state index in [0.717, 1.165) is 35.2 Å². The number of carboxylic acid groups (broad SMARTS) is 1. The quantitative estimate of drug-likeness (QED) is 0.899. The van der Waals surface area contributed by atoms with Crippen LogP contribution in [0.3, 0.4) is 0 Å². The van der Waals surface area contributed by atoms with E-state index in [1.54, 1.807) is 6.07 Å². The van der Waals surface area contributed by atoms with Crippen LogP contribution in [0, 0.1) is 6.92 Å². The summed E-state index contributed by atoms with van der Waals surface area (Å²) in [5, 5.41) is 9.68. The van der Waals surface area contributed by atoms with Gasteiger partial charge in [0.2, 0.25) is 0 Å².